The second-order valence-corrected chi connectivity index (χ2v) is 6.70. The molecule has 1 unspecified atom stereocenters. The van der Waals surface area contributed by atoms with E-state index in [1.54, 1.807) is 12.0 Å². The average Bonchev–Trinajstić information content (AvgIpc) is 2.45. The van der Waals surface area contributed by atoms with Gasteiger partial charge in [0.05, 0.1) is 13.2 Å². The van der Waals surface area contributed by atoms with Gasteiger partial charge in [-0.3, -0.25) is 0 Å². The van der Waals surface area contributed by atoms with Gasteiger partial charge in [-0.1, -0.05) is 17.7 Å². The Balaban J connectivity index is 2.16. The lowest BCUT2D eigenvalue weighted by Crippen LogP contribution is -2.49. The number of carbonyl (C=O) groups excluding carboxylic acids is 1. The molecule has 0 aromatic heterocycles. The normalized spacial score (nSPS) is 19.0. The van der Waals surface area contributed by atoms with E-state index in [1.165, 1.54) is 0 Å². The zero-order chi connectivity index (χ0) is 16.3. The molecular formula is C16H23ClN2O3. The highest BCUT2D eigenvalue weighted by Crippen LogP contribution is 2.33. The summed E-state index contributed by atoms with van der Waals surface area (Å²) in [5.41, 5.74) is 0.374. The van der Waals surface area contributed by atoms with Crippen LogP contribution in [0.2, 0.25) is 5.02 Å². The van der Waals surface area contributed by atoms with E-state index in [2.05, 4.69) is 5.32 Å². The molecule has 0 saturated carbocycles. The fraction of sp³-hybridized carbons (Fsp3) is 0.562. The second kappa shape index (κ2) is 6.75. The van der Waals surface area contributed by atoms with Gasteiger partial charge in [0, 0.05) is 30.2 Å². The number of benzene rings is 1. The fourth-order valence-corrected chi connectivity index (χ4v) is 2.77. The first-order valence-electron chi connectivity index (χ1n) is 7.35. The van der Waals surface area contributed by atoms with Gasteiger partial charge in [-0.25, -0.2) is 4.79 Å². The molecule has 1 aromatic carbocycles. The first kappa shape index (κ1) is 16.9. The van der Waals surface area contributed by atoms with Gasteiger partial charge in [-0.2, -0.15) is 0 Å². The van der Waals surface area contributed by atoms with Crippen LogP contribution in [0.1, 0.15) is 32.4 Å². The lowest BCUT2D eigenvalue weighted by Gasteiger charge is -2.35. The van der Waals surface area contributed by atoms with E-state index < -0.39 is 5.60 Å². The molecule has 6 heteroatoms. The number of ether oxygens (including phenoxy) is 2. The minimum Gasteiger partial charge on any atom is -0.496 e. The monoisotopic (exact) mass is 326 g/mol. The molecule has 2 rings (SSSR count). The second-order valence-electron chi connectivity index (χ2n) is 6.29. The van der Waals surface area contributed by atoms with Crippen molar-refractivity contribution in [2.45, 2.75) is 32.4 Å². The predicted octanol–water partition coefficient (Wildman–Crippen LogP) is 3.23. The number of halogens is 1. The summed E-state index contributed by atoms with van der Waals surface area (Å²) in [5, 5.41) is 4.01. The minimum atomic E-state index is -0.500. The number of rotatable bonds is 2. The van der Waals surface area contributed by atoms with Gasteiger partial charge in [-0.15, -0.1) is 0 Å². The topological polar surface area (TPSA) is 50.8 Å². The van der Waals surface area contributed by atoms with Crippen LogP contribution in [0.5, 0.6) is 5.75 Å². The number of hydrogen-bond donors (Lipinski definition) is 1. The number of amides is 1. The van der Waals surface area contributed by atoms with Crippen LogP contribution in [0.3, 0.4) is 0 Å². The van der Waals surface area contributed by atoms with Crippen molar-refractivity contribution in [3.05, 3.63) is 28.8 Å². The quantitative estimate of drug-likeness (QED) is 0.906. The molecule has 5 nitrogen and oxygen atoms in total. The Kier molecular flexibility index (Phi) is 5.19. The molecule has 0 radical (unpaired) electrons. The van der Waals surface area contributed by atoms with Gasteiger partial charge in [0.1, 0.15) is 11.4 Å². The summed E-state index contributed by atoms with van der Waals surface area (Å²) in [6, 6.07) is 5.46. The maximum Gasteiger partial charge on any atom is 0.410 e. The first-order chi connectivity index (χ1) is 10.3. The third kappa shape index (κ3) is 4.05. The molecule has 1 saturated heterocycles. The third-order valence-electron chi connectivity index (χ3n) is 3.41. The van der Waals surface area contributed by atoms with E-state index in [4.69, 9.17) is 21.1 Å². The van der Waals surface area contributed by atoms with Crippen molar-refractivity contribution in [3.8, 4) is 5.75 Å². The van der Waals surface area contributed by atoms with Crippen LogP contribution >= 0.6 is 11.6 Å². The summed E-state index contributed by atoms with van der Waals surface area (Å²) in [4.78, 5) is 13.9. The van der Waals surface area contributed by atoms with Crippen molar-refractivity contribution in [1.29, 1.82) is 0 Å². The Bertz CT molecular complexity index is 543. The van der Waals surface area contributed by atoms with Crippen LogP contribution in [0, 0.1) is 0 Å². The van der Waals surface area contributed by atoms with Gasteiger partial charge in [0.15, 0.2) is 0 Å². The van der Waals surface area contributed by atoms with Gasteiger partial charge >= 0.3 is 6.09 Å². The molecule has 122 valence electrons. The summed E-state index contributed by atoms with van der Waals surface area (Å²) in [7, 11) is 1.61. The Morgan fingerprint density at radius 3 is 2.77 bits per heavy atom. The zero-order valence-corrected chi connectivity index (χ0v) is 14.2. The zero-order valence-electron chi connectivity index (χ0n) is 13.5. The molecule has 22 heavy (non-hydrogen) atoms. The van der Waals surface area contributed by atoms with Gasteiger partial charge < -0.3 is 19.7 Å². The lowest BCUT2D eigenvalue weighted by molar-refractivity contribution is 0.0194. The molecule has 1 atom stereocenters. The van der Waals surface area contributed by atoms with E-state index in [0.717, 1.165) is 11.3 Å². The molecule has 1 N–H and O–H groups in total. The van der Waals surface area contributed by atoms with Crippen molar-refractivity contribution >= 4 is 17.7 Å². The smallest absolute Gasteiger partial charge is 0.410 e. The summed E-state index contributed by atoms with van der Waals surface area (Å²) in [6.07, 6.45) is -0.301. The number of piperazine rings is 1. The molecule has 0 bridgehead atoms. The molecular weight excluding hydrogens is 304 g/mol. The molecule has 0 aliphatic carbocycles. The molecule has 1 amide bonds. The first-order valence-corrected chi connectivity index (χ1v) is 7.73. The van der Waals surface area contributed by atoms with Crippen LogP contribution in [-0.4, -0.2) is 43.3 Å². The van der Waals surface area contributed by atoms with Crippen molar-refractivity contribution in [2.75, 3.05) is 26.7 Å². The minimum absolute atomic E-state index is 0.0788. The number of carbonyl (C=O) groups is 1. The lowest BCUT2D eigenvalue weighted by atomic mass is 10.0. The number of nitrogens with zero attached hydrogens (tertiary/aromatic N) is 1. The van der Waals surface area contributed by atoms with E-state index in [0.29, 0.717) is 24.7 Å². The fourth-order valence-electron chi connectivity index (χ4n) is 2.47. The number of nitrogens with one attached hydrogen (secondary N) is 1. The molecule has 1 aliphatic rings. The van der Waals surface area contributed by atoms with Crippen molar-refractivity contribution < 1.29 is 14.3 Å². The Morgan fingerprint density at radius 1 is 1.41 bits per heavy atom. The van der Waals surface area contributed by atoms with Crippen molar-refractivity contribution in [2.24, 2.45) is 0 Å². The number of methoxy groups -OCH3 is 1. The maximum absolute atomic E-state index is 12.2. The highest BCUT2D eigenvalue weighted by molar-refractivity contribution is 6.31. The highest BCUT2D eigenvalue weighted by atomic mass is 35.5. The van der Waals surface area contributed by atoms with E-state index in [9.17, 15) is 4.79 Å². The molecule has 0 spiro atoms. The highest BCUT2D eigenvalue weighted by Gasteiger charge is 2.30. The summed E-state index contributed by atoms with van der Waals surface area (Å²) >= 11 is 6.32. The van der Waals surface area contributed by atoms with Crippen LogP contribution < -0.4 is 10.1 Å². The average molecular weight is 327 g/mol. The van der Waals surface area contributed by atoms with Gasteiger partial charge in [-0.05, 0) is 32.9 Å². The van der Waals surface area contributed by atoms with Crippen molar-refractivity contribution in [1.82, 2.24) is 10.2 Å². The van der Waals surface area contributed by atoms with E-state index >= 15 is 0 Å². The standard InChI is InChI=1S/C16H23ClN2O3/c1-16(2,3)22-15(20)19-9-8-18-12(10-19)14-11(17)6-5-7-13(14)21-4/h5-7,12,18H,8-10H2,1-4H3. The summed E-state index contributed by atoms with van der Waals surface area (Å²) in [6.45, 7) is 7.37. The van der Waals surface area contributed by atoms with Gasteiger partial charge in [0.2, 0.25) is 0 Å². The number of hydrogen-bond acceptors (Lipinski definition) is 4. The Morgan fingerprint density at radius 2 is 2.14 bits per heavy atom. The van der Waals surface area contributed by atoms with E-state index in [-0.39, 0.29) is 12.1 Å². The largest absolute Gasteiger partial charge is 0.496 e. The third-order valence-corrected chi connectivity index (χ3v) is 3.74. The Labute approximate surface area is 136 Å². The molecule has 1 aromatic rings. The van der Waals surface area contributed by atoms with Crippen molar-refractivity contribution in [3.63, 3.8) is 0 Å². The van der Waals surface area contributed by atoms with Gasteiger partial charge in [0.25, 0.3) is 0 Å². The predicted molar refractivity (Wildman–Crippen MR) is 86.6 cm³/mol. The SMILES string of the molecule is COc1cccc(Cl)c1C1CN(C(=O)OC(C)(C)C)CCN1. The maximum atomic E-state index is 12.2. The van der Waals surface area contributed by atoms with Crippen LogP contribution in [0.4, 0.5) is 4.79 Å². The van der Waals surface area contributed by atoms with E-state index in [1.807, 2.05) is 39.0 Å². The van der Waals surface area contributed by atoms with Crippen LogP contribution in [0.25, 0.3) is 0 Å². The summed E-state index contributed by atoms with van der Waals surface area (Å²) < 4.78 is 10.8. The molecule has 1 fully saturated rings. The van der Waals surface area contributed by atoms with Crippen LogP contribution in [-0.2, 0) is 4.74 Å². The molecule has 1 heterocycles. The van der Waals surface area contributed by atoms with Crippen LogP contribution in [0.15, 0.2) is 18.2 Å². The molecule has 1 aliphatic heterocycles. The summed E-state index contributed by atoms with van der Waals surface area (Å²) in [5.74, 6) is 0.719. The Hall–Kier alpha value is -1.46.